The first-order valence-electron chi connectivity index (χ1n) is 3.79. The van der Waals surface area contributed by atoms with Gasteiger partial charge >= 0.3 is 0 Å². The highest BCUT2D eigenvalue weighted by Gasteiger charge is 2.14. The summed E-state index contributed by atoms with van der Waals surface area (Å²) in [6.07, 6.45) is 3.20. The molecule has 1 aliphatic carbocycles. The number of allylic oxidation sites excluding steroid dienone is 2. The first-order chi connectivity index (χ1) is 4.74. The fourth-order valence-electron chi connectivity index (χ4n) is 1.36. The summed E-state index contributed by atoms with van der Waals surface area (Å²) in [5.41, 5.74) is 2.92. The number of nitriles is 1. The highest BCUT2D eigenvalue weighted by molar-refractivity contribution is 5.15. The molecule has 1 aliphatic rings. The maximum atomic E-state index is 8.62. The molecule has 0 unspecified atom stereocenters. The maximum absolute atomic E-state index is 8.62. The quantitative estimate of drug-likeness (QED) is 0.468. The predicted octanol–water partition coefficient (Wildman–Crippen LogP) is 2.65. The normalized spacial score (nSPS) is 26.3. The van der Waals surface area contributed by atoms with Gasteiger partial charge in [-0.1, -0.05) is 11.1 Å². The monoisotopic (exact) mass is 135 g/mol. The Hall–Kier alpha value is -0.770. The molecule has 0 bridgehead atoms. The van der Waals surface area contributed by atoms with Crippen molar-refractivity contribution < 1.29 is 0 Å². The molecule has 1 nitrogen and oxygen atoms in total. The molecule has 0 aromatic rings. The third-order valence-corrected chi connectivity index (χ3v) is 2.33. The van der Waals surface area contributed by atoms with E-state index in [2.05, 4.69) is 19.9 Å². The van der Waals surface area contributed by atoms with Gasteiger partial charge in [0.1, 0.15) is 0 Å². The van der Waals surface area contributed by atoms with E-state index in [0.717, 1.165) is 19.3 Å². The Kier molecular flexibility index (Phi) is 2.11. The SMILES string of the molecule is CC1=C(C)C[C@H](C#N)CC1. The molecule has 0 N–H and O–H groups in total. The van der Waals surface area contributed by atoms with Crippen molar-refractivity contribution in [3.05, 3.63) is 11.1 Å². The molecule has 10 heavy (non-hydrogen) atoms. The van der Waals surface area contributed by atoms with Crippen molar-refractivity contribution in [3.8, 4) is 6.07 Å². The molecule has 0 fully saturated rings. The highest BCUT2D eigenvalue weighted by atomic mass is 14.3. The van der Waals surface area contributed by atoms with Crippen molar-refractivity contribution in [1.82, 2.24) is 0 Å². The van der Waals surface area contributed by atoms with Crippen LogP contribution in [-0.2, 0) is 0 Å². The Morgan fingerprint density at radius 1 is 1.40 bits per heavy atom. The van der Waals surface area contributed by atoms with Gasteiger partial charge < -0.3 is 0 Å². The Bertz CT molecular complexity index is 195. The first kappa shape index (κ1) is 7.34. The minimum Gasteiger partial charge on any atom is -0.198 e. The minimum absolute atomic E-state index is 0.295. The van der Waals surface area contributed by atoms with Gasteiger partial charge in [-0.3, -0.25) is 0 Å². The van der Waals surface area contributed by atoms with Crippen LogP contribution in [0.2, 0.25) is 0 Å². The number of nitrogens with zero attached hydrogens (tertiary/aromatic N) is 1. The molecule has 54 valence electrons. The van der Waals surface area contributed by atoms with Crippen molar-refractivity contribution in [2.75, 3.05) is 0 Å². The minimum atomic E-state index is 0.295. The molecule has 0 spiro atoms. The summed E-state index contributed by atoms with van der Waals surface area (Å²) in [6.45, 7) is 4.31. The van der Waals surface area contributed by atoms with Crippen molar-refractivity contribution in [2.45, 2.75) is 33.1 Å². The fourth-order valence-corrected chi connectivity index (χ4v) is 1.36. The molecule has 0 amide bonds. The van der Waals surface area contributed by atoms with Crippen LogP contribution in [0.3, 0.4) is 0 Å². The number of hydrogen-bond acceptors (Lipinski definition) is 1. The average Bonchev–Trinajstić information content (AvgIpc) is 1.95. The molecule has 0 radical (unpaired) electrons. The molecule has 0 saturated heterocycles. The summed E-state index contributed by atoms with van der Waals surface area (Å²) in [6, 6.07) is 2.32. The third-order valence-electron chi connectivity index (χ3n) is 2.33. The van der Waals surface area contributed by atoms with Crippen molar-refractivity contribution in [3.63, 3.8) is 0 Å². The van der Waals surface area contributed by atoms with Gasteiger partial charge in [-0.2, -0.15) is 5.26 Å². The van der Waals surface area contributed by atoms with Gasteiger partial charge in [0.25, 0.3) is 0 Å². The van der Waals surface area contributed by atoms with E-state index < -0.39 is 0 Å². The second-order valence-electron chi connectivity index (χ2n) is 3.13. The van der Waals surface area contributed by atoms with Crippen LogP contribution in [0.5, 0.6) is 0 Å². The third kappa shape index (κ3) is 1.39. The molecule has 0 aromatic carbocycles. The van der Waals surface area contributed by atoms with E-state index in [1.807, 2.05) is 0 Å². The molecule has 0 aliphatic heterocycles. The zero-order valence-corrected chi connectivity index (χ0v) is 6.65. The first-order valence-corrected chi connectivity index (χ1v) is 3.79. The van der Waals surface area contributed by atoms with Gasteiger partial charge in [0, 0.05) is 0 Å². The predicted molar refractivity (Wildman–Crippen MR) is 41.3 cm³/mol. The van der Waals surface area contributed by atoms with Crippen LogP contribution in [0.15, 0.2) is 11.1 Å². The van der Waals surface area contributed by atoms with E-state index >= 15 is 0 Å². The molecule has 1 rings (SSSR count). The zero-order valence-electron chi connectivity index (χ0n) is 6.65. The van der Waals surface area contributed by atoms with Crippen LogP contribution in [-0.4, -0.2) is 0 Å². The van der Waals surface area contributed by atoms with Crippen LogP contribution in [0.25, 0.3) is 0 Å². The fraction of sp³-hybridized carbons (Fsp3) is 0.667. The maximum Gasteiger partial charge on any atom is 0.0659 e. The van der Waals surface area contributed by atoms with E-state index in [-0.39, 0.29) is 0 Å². The molecule has 0 heterocycles. The van der Waals surface area contributed by atoms with Gasteiger partial charge in [0.2, 0.25) is 0 Å². The van der Waals surface area contributed by atoms with E-state index in [0.29, 0.717) is 5.92 Å². The highest BCUT2D eigenvalue weighted by Crippen LogP contribution is 2.27. The van der Waals surface area contributed by atoms with Crippen LogP contribution in [0.4, 0.5) is 0 Å². The van der Waals surface area contributed by atoms with Crippen LogP contribution >= 0.6 is 0 Å². The zero-order chi connectivity index (χ0) is 7.56. The lowest BCUT2D eigenvalue weighted by molar-refractivity contribution is 0.557. The second-order valence-corrected chi connectivity index (χ2v) is 3.13. The molecule has 0 aromatic heterocycles. The topological polar surface area (TPSA) is 23.8 Å². The summed E-state index contributed by atoms with van der Waals surface area (Å²) in [5, 5.41) is 8.62. The molecular formula is C9H13N. The van der Waals surface area contributed by atoms with Gasteiger partial charge in [0.05, 0.1) is 12.0 Å². The summed E-state index contributed by atoms with van der Waals surface area (Å²) >= 11 is 0. The lowest BCUT2D eigenvalue weighted by atomic mass is 9.86. The molecule has 1 atom stereocenters. The summed E-state index contributed by atoms with van der Waals surface area (Å²) in [5.74, 6) is 0.295. The molecular weight excluding hydrogens is 122 g/mol. The van der Waals surface area contributed by atoms with Crippen LogP contribution in [0.1, 0.15) is 33.1 Å². The lowest BCUT2D eigenvalue weighted by Gasteiger charge is -2.18. The van der Waals surface area contributed by atoms with Crippen molar-refractivity contribution >= 4 is 0 Å². The Balaban J connectivity index is 2.64. The summed E-state index contributed by atoms with van der Waals surface area (Å²) in [7, 11) is 0. The van der Waals surface area contributed by atoms with Crippen LogP contribution < -0.4 is 0 Å². The standard InChI is InChI=1S/C9H13N/c1-7-3-4-9(6-10)5-8(7)2/h9H,3-5H2,1-2H3/t9-/m1/s1. The number of hydrogen-bond donors (Lipinski definition) is 0. The summed E-state index contributed by atoms with van der Waals surface area (Å²) < 4.78 is 0. The largest absolute Gasteiger partial charge is 0.198 e. The van der Waals surface area contributed by atoms with E-state index in [1.165, 1.54) is 11.1 Å². The average molecular weight is 135 g/mol. The Morgan fingerprint density at radius 3 is 2.60 bits per heavy atom. The van der Waals surface area contributed by atoms with Gasteiger partial charge in [0.15, 0.2) is 0 Å². The molecule has 1 heteroatoms. The summed E-state index contributed by atoms with van der Waals surface area (Å²) in [4.78, 5) is 0. The van der Waals surface area contributed by atoms with Crippen LogP contribution in [0, 0.1) is 17.2 Å². The Morgan fingerprint density at radius 2 is 2.10 bits per heavy atom. The lowest BCUT2D eigenvalue weighted by Crippen LogP contribution is -2.05. The van der Waals surface area contributed by atoms with Crippen molar-refractivity contribution in [2.24, 2.45) is 5.92 Å². The second kappa shape index (κ2) is 2.88. The Labute approximate surface area is 62.4 Å². The number of rotatable bonds is 0. The molecule has 0 saturated carbocycles. The van der Waals surface area contributed by atoms with Gasteiger partial charge in [-0.15, -0.1) is 0 Å². The van der Waals surface area contributed by atoms with Gasteiger partial charge in [-0.05, 0) is 33.1 Å². The van der Waals surface area contributed by atoms with E-state index in [1.54, 1.807) is 0 Å². The van der Waals surface area contributed by atoms with E-state index in [4.69, 9.17) is 5.26 Å². The van der Waals surface area contributed by atoms with E-state index in [9.17, 15) is 0 Å². The smallest absolute Gasteiger partial charge is 0.0659 e. The van der Waals surface area contributed by atoms with Gasteiger partial charge in [-0.25, -0.2) is 0 Å². The van der Waals surface area contributed by atoms with Crippen molar-refractivity contribution in [1.29, 1.82) is 5.26 Å².